The maximum atomic E-state index is 6.30. The number of rotatable bonds is 8. The highest BCUT2D eigenvalue weighted by atomic mass is 35.5. The first-order valence-electron chi connectivity index (χ1n) is 10.2. The summed E-state index contributed by atoms with van der Waals surface area (Å²) < 4.78 is 7.23. The van der Waals surface area contributed by atoms with E-state index in [-0.39, 0.29) is 0 Å². The largest absolute Gasteiger partial charge is 0.441 e. The van der Waals surface area contributed by atoms with E-state index in [4.69, 9.17) is 27.9 Å². The number of ether oxygens (including phenoxy) is 1. The van der Waals surface area contributed by atoms with Gasteiger partial charge in [0.05, 0.1) is 9.72 Å². The first-order valence-corrected chi connectivity index (χ1v) is 11.8. The second-order valence-electron chi connectivity index (χ2n) is 7.18. The van der Waals surface area contributed by atoms with Crippen molar-refractivity contribution in [3.63, 3.8) is 0 Å². The van der Waals surface area contributed by atoms with E-state index in [1.807, 2.05) is 18.2 Å². The first-order chi connectivity index (χ1) is 14.6. The third-order valence-corrected chi connectivity index (χ3v) is 6.33. The van der Waals surface area contributed by atoms with Gasteiger partial charge in [0.2, 0.25) is 5.88 Å². The zero-order valence-corrected chi connectivity index (χ0v) is 19.1. The van der Waals surface area contributed by atoms with Crippen LogP contribution in [0.4, 0.5) is 10.8 Å². The van der Waals surface area contributed by atoms with Crippen molar-refractivity contribution < 1.29 is 4.74 Å². The van der Waals surface area contributed by atoms with Gasteiger partial charge in [0, 0.05) is 17.6 Å². The van der Waals surface area contributed by atoms with Gasteiger partial charge in [-0.25, -0.2) is 9.97 Å². The van der Waals surface area contributed by atoms with E-state index in [0.29, 0.717) is 21.1 Å². The van der Waals surface area contributed by atoms with Gasteiger partial charge in [-0.05, 0) is 49.1 Å². The van der Waals surface area contributed by atoms with Gasteiger partial charge in [0.1, 0.15) is 17.0 Å². The van der Waals surface area contributed by atoms with Crippen molar-refractivity contribution in [1.82, 2.24) is 9.97 Å². The number of allylic oxidation sites excluding steroid dienone is 4. The molecule has 0 aliphatic heterocycles. The molecular weight excluding hydrogens is 437 g/mol. The Morgan fingerprint density at radius 3 is 3.00 bits per heavy atom. The molecule has 0 saturated heterocycles. The van der Waals surface area contributed by atoms with Crippen LogP contribution in [0.5, 0.6) is 5.88 Å². The molecule has 0 unspecified atom stereocenters. The molecular formula is C23H23Cl2N3OS. The zero-order chi connectivity index (χ0) is 20.9. The molecule has 0 bridgehead atoms. The molecule has 3 aromatic rings. The summed E-state index contributed by atoms with van der Waals surface area (Å²) in [6, 6.07) is 7.40. The van der Waals surface area contributed by atoms with Crippen LogP contribution in [0.3, 0.4) is 0 Å². The Bertz CT molecular complexity index is 1110. The van der Waals surface area contributed by atoms with E-state index >= 15 is 0 Å². The smallest absolute Gasteiger partial charge is 0.242 e. The SMILES string of the molecule is CCCCCC1=C(Oc2ncccc2Nc2nc3c(Cl)cc(Cl)cc3s2)CCC=C1. The van der Waals surface area contributed by atoms with Gasteiger partial charge in [-0.15, -0.1) is 0 Å². The van der Waals surface area contributed by atoms with Gasteiger partial charge in [0.15, 0.2) is 5.13 Å². The summed E-state index contributed by atoms with van der Waals surface area (Å²) in [5.41, 5.74) is 2.78. The first kappa shape index (κ1) is 21.2. The number of unbranched alkanes of at least 4 members (excludes halogenated alkanes) is 2. The number of fused-ring (bicyclic) bond motifs is 1. The van der Waals surface area contributed by atoms with Crippen LogP contribution in [-0.4, -0.2) is 9.97 Å². The third-order valence-electron chi connectivity index (χ3n) is 4.91. The van der Waals surface area contributed by atoms with Crippen molar-refractivity contribution in [3.05, 3.63) is 64.0 Å². The van der Waals surface area contributed by atoms with Gasteiger partial charge in [-0.1, -0.05) is 66.5 Å². The number of benzene rings is 1. The van der Waals surface area contributed by atoms with Crippen LogP contribution < -0.4 is 10.1 Å². The number of aromatic nitrogens is 2. The molecule has 156 valence electrons. The van der Waals surface area contributed by atoms with Crippen molar-refractivity contribution in [1.29, 1.82) is 0 Å². The van der Waals surface area contributed by atoms with Crippen molar-refractivity contribution >= 4 is 55.6 Å². The van der Waals surface area contributed by atoms with Crippen molar-refractivity contribution in [2.75, 3.05) is 5.32 Å². The second-order valence-corrected chi connectivity index (χ2v) is 9.06. The molecule has 0 saturated carbocycles. The van der Waals surface area contributed by atoms with Crippen LogP contribution in [0.25, 0.3) is 10.2 Å². The monoisotopic (exact) mass is 459 g/mol. The van der Waals surface area contributed by atoms with Crippen LogP contribution in [0.1, 0.15) is 45.4 Å². The Hall–Kier alpha value is -2.08. The molecule has 1 aliphatic carbocycles. The highest BCUT2D eigenvalue weighted by Gasteiger charge is 2.16. The van der Waals surface area contributed by atoms with Gasteiger partial charge in [-0.2, -0.15) is 0 Å². The average Bonchev–Trinajstić information content (AvgIpc) is 3.13. The predicted molar refractivity (Wildman–Crippen MR) is 127 cm³/mol. The predicted octanol–water partition coefficient (Wildman–Crippen LogP) is 8.30. The third kappa shape index (κ3) is 4.97. The Morgan fingerprint density at radius 2 is 2.13 bits per heavy atom. The summed E-state index contributed by atoms with van der Waals surface area (Å²) in [7, 11) is 0. The standard InChI is InChI=1S/C23H23Cl2N3OS/c1-2-3-4-8-15-9-5-6-11-19(15)29-22-18(10-7-12-26-22)27-23-28-21-17(25)13-16(24)14-20(21)30-23/h5,7,9-10,12-14H,2-4,6,8,11H2,1H3,(H,27,28). The van der Waals surface area contributed by atoms with E-state index in [9.17, 15) is 0 Å². The van der Waals surface area contributed by atoms with E-state index in [2.05, 4.69) is 34.4 Å². The number of nitrogens with one attached hydrogen (secondary N) is 1. The molecule has 4 nitrogen and oxygen atoms in total. The molecule has 0 radical (unpaired) electrons. The van der Waals surface area contributed by atoms with Crippen molar-refractivity contribution in [3.8, 4) is 5.88 Å². The second kappa shape index (κ2) is 9.82. The number of pyridine rings is 1. The fourth-order valence-corrected chi connectivity index (χ4v) is 5.01. The maximum absolute atomic E-state index is 6.30. The molecule has 0 amide bonds. The molecule has 0 fully saturated rings. The molecule has 2 aromatic heterocycles. The van der Waals surface area contributed by atoms with E-state index in [1.165, 1.54) is 36.2 Å². The quantitative estimate of drug-likeness (QED) is 0.344. The number of nitrogens with zero attached hydrogens (tertiary/aromatic N) is 2. The maximum Gasteiger partial charge on any atom is 0.242 e. The molecule has 7 heteroatoms. The number of halogens is 2. The summed E-state index contributed by atoms with van der Waals surface area (Å²) in [5, 5.41) is 5.20. The minimum absolute atomic E-state index is 0.542. The summed E-state index contributed by atoms with van der Waals surface area (Å²) in [4.78, 5) is 9.08. The average molecular weight is 460 g/mol. The summed E-state index contributed by atoms with van der Waals surface area (Å²) >= 11 is 13.9. The summed E-state index contributed by atoms with van der Waals surface area (Å²) in [6.45, 7) is 2.22. The molecule has 30 heavy (non-hydrogen) atoms. The lowest BCUT2D eigenvalue weighted by atomic mass is 9.99. The molecule has 2 heterocycles. The molecule has 1 aliphatic rings. The minimum atomic E-state index is 0.542. The van der Waals surface area contributed by atoms with Gasteiger partial charge < -0.3 is 10.1 Å². The van der Waals surface area contributed by atoms with Crippen LogP contribution in [0.15, 0.2) is 53.9 Å². The fourth-order valence-electron chi connectivity index (χ4n) is 3.41. The molecule has 1 N–H and O–H groups in total. The van der Waals surface area contributed by atoms with Gasteiger partial charge >= 0.3 is 0 Å². The Balaban J connectivity index is 1.58. The zero-order valence-electron chi connectivity index (χ0n) is 16.8. The fraction of sp³-hybridized carbons (Fsp3) is 0.304. The van der Waals surface area contributed by atoms with Crippen LogP contribution in [-0.2, 0) is 0 Å². The lowest BCUT2D eigenvalue weighted by Gasteiger charge is -2.18. The minimum Gasteiger partial charge on any atom is -0.441 e. The highest BCUT2D eigenvalue weighted by molar-refractivity contribution is 7.22. The topological polar surface area (TPSA) is 47.0 Å². The molecule has 1 aromatic carbocycles. The summed E-state index contributed by atoms with van der Waals surface area (Å²) in [5.74, 6) is 1.56. The Labute approximate surface area is 190 Å². The van der Waals surface area contributed by atoms with E-state index < -0.39 is 0 Å². The number of anilines is 2. The van der Waals surface area contributed by atoms with E-state index in [0.717, 1.165) is 40.9 Å². The van der Waals surface area contributed by atoms with Crippen LogP contribution >= 0.6 is 34.5 Å². The normalized spacial score (nSPS) is 13.8. The molecule has 0 atom stereocenters. The Kier molecular flexibility index (Phi) is 6.93. The lowest BCUT2D eigenvalue weighted by Crippen LogP contribution is -2.06. The number of hydrogen-bond acceptors (Lipinski definition) is 5. The van der Waals surface area contributed by atoms with Crippen LogP contribution in [0.2, 0.25) is 10.0 Å². The lowest BCUT2D eigenvalue weighted by molar-refractivity contribution is 0.381. The Morgan fingerprint density at radius 1 is 1.23 bits per heavy atom. The van der Waals surface area contributed by atoms with Crippen molar-refractivity contribution in [2.45, 2.75) is 45.4 Å². The van der Waals surface area contributed by atoms with Crippen molar-refractivity contribution in [2.24, 2.45) is 0 Å². The summed E-state index contributed by atoms with van der Waals surface area (Å²) in [6.07, 6.45) is 12.7. The van der Waals surface area contributed by atoms with E-state index in [1.54, 1.807) is 12.3 Å². The molecule has 0 spiro atoms. The number of hydrogen-bond donors (Lipinski definition) is 1. The van der Waals surface area contributed by atoms with Gasteiger partial charge in [0.25, 0.3) is 0 Å². The highest BCUT2D eigenvalue weighted by Crippen LogP contribution is 2.37. The van der Waals surface area contributed by atoms with Gasteiger partial charge in [-0.3, -0.25) is 0 Å². The van der Waals surface area contributed by atoms with Crippen LogP contribution in [0, 0.1) is 0 Å². The number of thiazole rings is 1. The molecule has 4 rings (SSSR count).